The Morgan fingerprint density at radius 3 is 2.32 bits per heavy atom. The summed E-state index contributed by atoms with van der Waals surface area (Å²) in [6, 6.07) is 0. The predicted octanol–water partition coefficient (Wildman–Crippen LogP) is 0.673. The number of carbonyl (C=O) groups excluding carboxylic acids is 2. The summed E-state index contributed by atoms with van der Waals surface area (Å²) < 4.78 is 0. The molecule has 0 aliphatic carbocycles. The summed E-state index contributed by atoms with van der Waals surface area (Å²) in [5.74, 6) is 0.0457. The monoisotopic (exact) mass is 285 g/mol. The molecule has 1 aliphatic heterocycles. The number of nitrogens with two attached hydrogens (primary N) is 1. The number of rotatable bonds is 4. The standard InChI is InChI=1S/C13H23N3O2S/c1-4-13(2,11(14)19)12(18)16-7-5-9(6-8-16)10(17)15-3/h9H,4-8H2,1-3H3,(H2,14,19)(H,15,17). The lowest BCUT2D eigenvalue weighted by atomic mass is 9.84. The van der Waals surface area contributed by atoms with E-state index in [0.29, 0.717) is 32.4 Å². The highest BCUT2D eigenvalue weighted by Crippen LogP contribution is 2.27. The smallest absolute Gasteiger partial charge is 0.235 e. The zero-order valence-corrected chi connectivity index (χ0v) is 12.7. The molecular formula is C13H23N3O2S. The third-order valence-corrected chi connectivity index (χ3v) is 4.57. The summed E-state index contributed by atoms with van der Waals surface area (Å²) in [5.41, 5.74) is 4.94. The largest absolute Gasteiger partial charge is 0.392 e. The highest BCUT2D eigenvalue weighted by molar-refractivity contribution is 7.80. The lowest BCUT2D eigenvalue weighted by Crippen LogP contribution is -2.51. The second-order valence-corrected chi connectivity index (χ2v) is 5.67. The van der Waals surface area contributed by atoms with Crippen LogP contribution in [0.15, 0.2) is 0 Å². The molecule has 1 heterocycles. The first-order valence-electron chi connectivity index (χ1n) is 6.67. The first-order valence-corrected chi connectivity index (χ1v) is 7.08. The van der Waals surface area contributed by atoms with Crippen molar-refractivity contribution in [3.05, 3.63) is 0 Å². The van der Waals surface area contributed by atoms with E-state index in [-0.39, 0.29) is 22.7 Å². The maximum atomic E-state index is 12.5. The van der Waals surface area contributed by atoms with Gasteiger partial charge in [-0.2, -0.15) is 0 Å². The van der Waals surface area contributed by atoms with Gasteiger partial charge in [0.15, 0.2) is 0 Å². The second-order valence-electron chi connectivity index (χ2n) is 5.23. The van der Waals surface area contributed by atoms with E-state index in [9.17, 15) is 9.59 Å². The molecule has 3 N–H and O–H groups in total. The van der Waals surface area contributed by atoms with Crippen molar-refractivity contribution >= 4 is 29.0 Å². The van der Waals surface area contributed by atoms with E-state index in [0.717, 1.165) is 0 Å². The summed E-state index contributed by atoms with van der Waals surface area (Å²) in [4.78, 5) is 26.1. The minimum absolute atomic E-state index is 0.00626. The number of carbonyl (C=O) groups is 2. The number of hydrogen-bond acceptors (Lipinski definition) is 3. The van der Waals surface area contributed by atoms with Crippen molar-refractivity contribution in [3.63, 3.8) is 0 Å². The molecule has 19 heavy (non-hydrogen) atoms. The zero-order chi connectivity index (χ0) is 14.6. The predicted molar refractivity (Wildman–Crippen MR) is 78.6 cm³/mol. The summed E-state index contributed by atoms with van der Waals surface area (Å²) >= 11 is 5.02. The van der Waals surface area contributed by atoms with Crippen LogP contribution in [-0.2, 0) is 9.59 Å². The number of likely N-dealkylation sites (tertiary alicyclic amines) is 1. The maximum Gasteiger partial charge on any atom is 0.235 e. The molecule has 0 radical (unpaired) electrons. The van der Waals surface area contributed by atoms with Crippen molar-refractivity contribution in [2.75, 3.05) is 20.1 Å². The quantitative estimate of drug-likeness (QED) is 0.745. The van der Waals surface area contributed by atoms with Crippen molar-refractivity contribution in [3.8, 4) is 0 Å². The Balaban J connectivity index is 2.67. The fourth-order valence-electron chi connectivity index (χ4n) is 2.33. The molecule has 5 nitrogen and oxygen atoms in total. The Morgan fingerprint density at radius 2 is 1.95 bits per heavy atom. The second kappa shape index (κ2) is 6.32. The summed E-state index contributed by atoms with van der Waals surface area (Å²) in [7, 11) is 1.64. The van der Waals surface area contributed by atoms with Gasteiger partial charge in [-0.05, 0) is 26.2 Å². The normalized spacial score (nSPS) is 19.6. The molecular weight excluding hydrogens is 262 g/mol. The molecule has 0 aromatic carbocycles. The lowest BCUT2D eigenvalue weighted by molar-refractivity contribution is -0.141. The highest BCUT2D eigenvalue weighted by Gasteiger charge is 2.39. The highest BCUT2D eigenvalue weighted by atomic mass is 32.1. The van der Waals surface area contributed by atoms with Crippen LogP contribution < -0.4 is 11.1 Å². The molecule has 0 spiro atoms. The Kier molecular flexibility index (Phi) is 5.29. The van der Waals surface area contributed by atoms with Crippen LogP contribution in [0.5, 0.6) is 0 Å². The summed E-state index contributed by atoms with van der Waals surface area (Å²) in [5, 5.41) is 2.66. The molecule has 1 atom stereocenters. The van der Waals surface area contributed by atoms with Crippen molar-refractivity contribution in [2.24, 2.45) is 17.1 Å². The number of amides is 2. The van der Waals surface area contributed by atoms with Gasteiger partial charge in [0.1, 0.15) is 0 Å². The van der Waals surface area contributed by atoms with Crippen LogP contribution in [0.2, 0.25) is 0 Å². The van der Waals surface area contributed by atoms with E-state index in [4.69, 9.17) is 18.0 Å². The number of thiocarbonyl (C=S) groups is 1. The molecule has 1 unspecified atom stereocenters. The molecule has 1 saturated heterocycles. The third kappa shape index (κ3) is 3.23. The van der Waals surface area contributed by atoms with Gasteiger partial charge in [-0.1, -0.05) is 19.1 Å². The van der Waals surface area contributed by atoms with Crippen molar-refractivity contribution in [1.82, 2.24) is 10.2 Å². The van der Waals surface area contributed by atoms with Gasteiger partial charge in [-0.15, -0.1) is 0 Å². The van der Waals surface area contributed by atoms with Gasteiger partial charge < -0.3 is 16.0 Å². The fourth-order valence-corrected chi connectivity index (χ4v) is 2.56. The average Bonchev–Trinajstić information content (AvgIpc) is 2.44. The van der Waals surface area contributed by atoms with Crippen LogP contribution in [0, 0.1) is 11.3 Å². The minimum atomic E-state index is -0.769. The number of piperidine rings is 1. The van der Waals surface area contributed by atoms with E-state index in [1.807, 2.05) is 6.92 Å². The number of hydrogen-bond donors (Lipinski definition) is 2. The van der Waals surface area contributed by atoms with Gasteiger partial charge in [0.2, 0.25) is 11.8 Å². The molecule has 2 amide bonds. The molecule has 0 aromatic heterocycles. The van der Waals surface area contributed by atoms with Crippen LogP contribution in [0.1, 0.15) is 33.1 Å². The fraction of sp³-hybridized carbons (Fsp3) is 0.769. The SMILES string of the molecule is CCC(C)(C(=O)N1CCC(C(=O)NC)CC1)C(N)=S. The van der Waals surface area contributed by atoms with E-state index < -0.39 is 5.41 Å². The number of nitrogens with zero attached hydrogens (tertiary/aromatic N) is 1. The van der Waals surface area contributed by atoms with Crippen LogP contribution >= 0.6 is 12.2 Å². The third-order valence-electron chi connectivity index (χ3n) is 4.12. The Hall–Kier alpha value is -1.17. The molecule has 1 fully saturated rings. The Bertz CT molecular complexity index is 378. The lowest BCUT2D eigenvalue weighted by Gasteiger charge is -2.37. The van der Waals surface area contributed by atoms with E-state index in [2.05, 4.69) is 5.32 Å². The first-order chi connectivity index (χ1) is 8.86. The van der Waals surface area contributed by atoms with Crippen molar-refractivity contribution in [1.29, 1.82) is 0 Å². The molecule has 1 rings (SSSR count). The van der Waals surface area contributed by atoms with Crippen molar-refractivity contribution in [2.45, 2.75) is 33.1 Å². The van der Waals surface area contributed by atoms with Gasteiger partial charge in [0, 0.05) is 26.1 Å². The van der Waals surface area contributed by atoms with Crippen LogP contribution in [0.3, 0.4) is 0 Å². The van der Waals surface area contributed by atoms with Crippen LogP contribution in [-0.4, -0.2) is 41.8 Å². The van der Waals surface area contributed by atoms with Gasteiger partial charge in [-0.3, -0.25) is 9.59 Å². The molecule has 6 heteroatoms. The van der Waals surface area contributed by atoms with Crippen molar-refractivity contribution < 1.29 is 9.59 Å². The molecule has 1 aliphatic rings. The molecule has 0 aromatic rings. The average molecular weight is 285 g/mol. The summed E-state index contributed by atoms with van der Waals surface area (Å²) in [6.45, 7) is 4.89. The van der Waals surface area contributed by atoms with E-state index >= 15 is 0 Å². The van der Waals surface area contributed by atoms with Gasteiger partial charge in [0.05, 0.1) is 10.4 Å². The number of nitrogens with one attached hydrogen (secondary N) is 1. The topological polar surface area (TPSA) is 75.4 Å². The zero-order valence-electron chi connectivity index (χ0n) is 11.9. The van der Waals surface area contributed by atoms with Gasteiger partial charge in [-0.25, -0.2) is 0 Å². The minimum Gasteiger partial charge on any atom is -0.392 e. The first kappa shape index (κ1) is 15.9. The Labute approximate surface area is 119 Å². The maximum absolute atomic E-state index is 12.5. The van der Waals surface area contributed by atoms with E-state index in [1.54, 1.807) is 18.9 Å². The molecule has 0 bridgehead atoms. The van der Waals surface area contributed by atoms with Gasteiger partial charge in [0.25, 0.3) is 0 Å². The van der Waals surface area contributed by atoms with Crippen LogP contribution in [0.4, 0.5) is 0 Å². The Morgan fingerprint density at radius 1 is 1.42 bits per heavy atom. The summed E-state index contributed by atoms with van der Waals surface area (Å²) in [6.07, 6.45) is 1.99. The molecule has 108 valence electrons. The molecule has 0 saturated carbocycles. The van der Waals surface area contributed by atoms with Crippen LogP contribution in [0.25, 0.3) is 0 Å². The van der Waals surface area contributed by atoms with Gasteiger partial charge >= 0.3 is 0 Å². The van der Waals surface area contributed by atoms with E-state index in [1.165, 1.54) is 0 Å².